The van der Waals surface area contributed by atoms with Crippen molar-refractivity contribution in [3.63, 3.8) is 0 Å². The zero-order valence-electron chi connectivity index (χ0n) is 16.4. The molecule has 2 rings (SSSR count). The number of ether oxygens (including phenoxy) is 1. The fourth-order valence-electron chi connectivity index (χ4n) is 3.27. The number of ketones is 1. The molecule has 0 aliphatic heterocycles. The SMILES string of the molecule is Cc1cc(C)c(C2=C(OC(=O)C(C)(C)C)C(C)(C)CC2=O)c(C)c1Cl. The van der Waals surface area contributed by atoms with Gasteiger partial charge in [0.15, 0.2) is 5.78 Å². The molecule has 0 bridgehead atoms. The Hall–Kier alpha value is -1.61. The number of halogens is 1. The zero-order valence-corrected chi connectivity index (χ0v) is 17.1. The lowest BCUT2D eigenvalue weighted by atomic mass is 9.89. The number of carbonyl (C=O) groups excluding carboxylic acids is 2. The Bertz CT molecular complexity index is 792. The van der Waals surface area contributed by atoms with Crippen molar-refractivity contribution in [2.24, 2.45) is 10.8 Å². The number of aryl methyl sites for hydroxylation is 2. The van der Waals surface area contributed by atoms with Gasteiger partial charge in [-0.1, -0.05) is 31.5 Å². The number of hydrogen-bond donors (Lipinski definition) is 0. The average molecular weight is 363 g/mol. The minimum atomic E-state index is -0.644. The predicted molar refractivity (Wildman–Crippen MR) is 102 cm³/mol. The van der Waals surface area contributed by atoms with Crippen LogP contribution in [-0.4, -0.2) is 11.8 Å². The van der Waals surface area contributed by atoms with Crippen LogP contribution in [0, 0.1) is 31.6 Å². The van der Waals surface area contributed by atoms with Gasteiger partial charge in [0.1, 0.15) is 5.76 Å². The van der Waals surface area contributed by atoms with E-state index in [0.717, 1.165) is 22.3 Å². The monoisotopic (exact) mass is 362 g/mol. The highest BCUT2D eigenvalue weighted by atomic mass is 35.5. The van der Waals surface area contributed by atoms with Gasteiger partial charge in [-0.3, -0.25) is 9.59 Å². The number of esters is 1. The minimum Gasteiger partial charge on any atom is -0.429 e. The maximum Gasteiger partial charge on any atom is 0.316 e. The quantitative estimate of drug-likeness (QED) is 0.646. The fraction of sp³-hybridized carbons (Fsp3) is 0.524. The fourth-order valence-corrected chi connectivity index (χ4v) is 3.42. The number of Topliss-reactive ketones (excluding diaryl/α,β-unsaturated/α-hetero) is 1. The Morgan fingerprint density at radius 2 is 1.72 bits per heavy atom. The first kappa shape index (κ1) is 19.7. The van der Waals surface area contributed by atoms with Crippen LogP contribution in [-0.2, 0) is 14.3 Å². The van der Waals surface area contributed by atoms with Crippen LogP contribution in [0.5, 0.6) is 0 Å². The summed E-state index contributed by atoms with van der Waals surface area (Å²) in [5.41, 5.74) is 2.91. The third kappa shape index (κ3) is 3.52. The van der Waals surface area contributed by atoms with E-state index < -0.39 is 10.8 Å². The van der Waals surface area contributed by atoms with Crippen molar-refractivity contribution >= 4 is 28.9 Å². The standard InChI is InChI=1S/C21H27ClO3/c1-11-9-12(2)17(22)13(3)15(11)16-14(23)10-21(7,8)18(16)25-19(24)20(4,5)6/h9H,10H2,1-8H3. The first-order chi connectivity index (χ1) is 11.3. The Morgan fingerprint density at radius 1 is 1.16 bits per heavy atom. The van der Waals surface area contributed by atoms with Crippen molar-refractivity contribution in [3.8, 4) is 0 Å². The number of hydrogen-bond acceptors (Lipinski definition) is 3. The van der Waals surface area contributed by atoms with E-state index in [1.807, 2.05) is 40.7 Å². The smallest absolute Gasteiger partial charge is 0.316 e. The summed E-state index contributed by atoms with van der Waals surface area (Å²) in [4.78, 5) is 25.3. The van der Waals surface area contributed by atoms with E-state index in [9.17, 15) is 9.59 Å². The first-order valence-corrected chi connectivity index (χ1v) is 8.92. The molecule has 1 aromatic rings. The molecule has 0 fully saturated rings. The third-order valence-corrected chi connectivity index (χ3v) is 5.24. The Balaban J connectivity index is 2.74. The molecule has 0 aromatic heterocycles. The molecule has 4 heteroatoms. The van der Waals surface area contributed by atoms with Gasteiger partial charge in [0.25, 0.3) is 0 Å². The summed E-state index contributed by atoms with van der Waals surface area (Å²) < 4.78 is 5.79. The van der Waals surface area contributed by atoms with Gasteiger partial charge in [-0.05, 0) is 63.8 Å². The molecule has 0 atom stereocenters. The van der Waals surface area contributed by atoms with E-state index in [0.29, 0.717) is 22.8 Å². The van der Waals surface area contributed by atoms with Gasteiger partial charge in [0, 0.05) is 16.9 Å². The third-order valence-electron chi connectivity index (χ3n) is 4.66. The van der Waals surface area contributed by atoms with Gasteiger partial charge in [0.2, 0.25) is 0 Å². The van der Waals surface area contributed by atoms with Gasteiger partial charge in [-0.15, -0.1) is 0 Å². The van der Waals surface area contributed by atoms with E-state index in [4.69, 9.17) is 16.3 Å². The van der Waals surface area contributed by atoms with Crippen LogP contribution in [0.25, 0.3) is 5.57 Å². The second-order valence-electron chi connectivity index (χ2n) is 8.65. The summed E-state index contributed by atoms with van der Waals surface area (Å²) in [5.74, 6) is 0.118. The van der Waals surface area contributed by atoms with Crippen molar-refractivity contribution < 1.29 is 14.3 Å². The molecule has 0 radical (unpaired) electrons. The molecule has 0 N–H and O–H groups in total. The molecule has 0 saturated heterocycles. The minimum absolute atomic E-state index is 0.00664. The maximum absolute atomic E-state index is 12.8. The van der Waals surface area contributed by atoms with E-state index in [1.54, 1.807) is 20.8 Å². The zero-order chi connectivity index (χ0) is 19.3. The molecule has 136 valence electrons. The summed E-state index contributed by atoms with van der Waals surface area (Å²) in [6, 6.07) is 1.97. The van der Waals surface area contributed by atoms with Crippen molar-refractivity contribution in [1.29, 1.82) is 0 Å². The molecule has 1 aliphatic rings. The van der Waals surface area contributed by atoms with Gasteiger partial charge in [0.05, 0.1) is 11.0 Å². The van der Waals surface area contributed by atoms with E-state index in [1.165, 1.54) is 0 Å². The molecule has 0 heterocycles. The maximum atomic E-state index is 12.8. The van der Waals surface area contributed by atoms with Crippen molar-refractivity contribution in [2.75, 3.05) is 0 Å². The highest BCUT2D eigenvalue weighted by Crippen LogP contribution is 2.47. The summed E-state index contributed by atoms with van der Waals surface area (Å²) in [6.45, 7) is 15.1. The van der Waals surface area contributed by atoms with Crippen molar-refractivity contribution in [1.82, 2.24) is 0 Å². The van der Waals surface area contributed by atoms with Gasteiger partial charge < -0.3 is 4.74 Å². The number of carbonyl (C=O) groups is 2. The summed E-state index contributed by atoms with van der Waals surface area (Å²) in [5, 5.41) is 0.645. The van der Waals surface area contributed by atoms with Crippen LogP contribution >= 0.6 is 11.6 Å². The number of allylic oxidation sites excluding steroid dienone is 2. The summed E-state index contributed by atoms with van der Waals surface area (Å²) in [7, 11) is 0. The molecule has 3 nitrogen and oxygen atoms in total. The normalized spacial score (nSPS) is 17.2. The molecular weight excluding hydrogens is 336 g/mol. The Morgan fingerprint density at radius 3 is 2.24 bits per heavy atom. The second-order valence-corrected chi connectivity index (χ2v) is 9.03. The predicted octanol–water partition coefficient (Wildman–Crippen LogP) is 5.56. The molecule has 25 heavy (non-hydrogen) atoms. The van der Waals surface area contributed by atoms with Gasteiger partial charge in [-0.2, -0.15) is 0 Å². The lowest BCUT2D eigenvalue weighted by Gasteiger charge is -2.25. The van der Waals surface area contributed by atoms with Crippen LogP contribution in [0.1, 0.15) is 63.3 Å². The lowest BCUT2D eigenvalue weighted by molar-refractivity contribution is -0.150. The molecule has 0 amide bonds. The second kappa shape index (κ2) is 6.28. The lowest BCUT2D eigenvalue weighted by Crippen LogP contribution is -2.26. The molecule has 0 saturated carbocycles. The molecule has 1 aliphatic carbocycles. The highest BCUT2D eigenvalue weighted by Gasteiger charge is 2.44. The highest BCUT2D eigenvalue weighted by molar-refractivity contribution is 6.33. The average Bonchev–Trinajstić information content (AvgIpc) is 2.66. The molecule has 1 aromatic carbocycles. The summed E-state index contributed by atoms with van der Waals surface area (Å²) in [6.07, 6.45) is 0.319. The topological polar surface area (TPSA) is 43.4 Å². The van der Waals surface area contributed by atoms with E-state index >= 15 is 0 Å². The largest absolute Gasteiger partial charge is 0.429 e. The van der Waals surface area contributed by atoms with Crippen molar-refractivity contribution in [2.45, 2.75) is 61.8 Å². The van der Waals surface area contributed by atoms with Crippen LogP contribution in [0.4, 0.5) is 0 Å². The first-order valence-electron chi connectivity index (χ1n) is 8.54. The number of rotatable bonds is 2. The Kier molecular flexibility index (Phi) is 4.95. The van der Waals surface area contributed by atoms with Crippen molar-refractivity contribution in [3.05, 3.63) is 39.1 Å². The number of benzene rings is 1. The Labute approximate surface area is 155 Å². The molecule has 0 spiro atoms. The summed E-state index contributed by atoms with van der Waals surface area (Å²) >= 11 is 6.44. The van der Waals surface area contributed by atoms with Crippen LogP contribution in [0.2, 0.25) is 5.02 Å². The van der Waals surface area contributed by atoms with Crippen LogP contribution in [0.15, 0.2) is 11.8 Å². The van der Waals surface area contributed by atoms with Crippen LogP contribution < -0.4 is 0 Å². The van der Waals surface area contributed by atoms with Crippen LogP contribution in [0.3, 0.4) is 0 Å². The van der Waals surface area contributed by atoms with Gasteiger partial charge in [-0.25, -0.2) is 0 Å². The van der Waals surface area contributed by atoms with E-state index in [-0.39, 0.29) is 11.8 Å². The molecular formula is C21H27ClO3. The van der Waals surface area contributed by atoms with Gasteiger partial charge >= 0.3 is 5.97 Å². The van der Waals surface area contributed by atoms with E-state index in [2.05, 4.69) is 0 Å². The molecule has 0 unspecified atom stereocenters.